The molecule has 1 amide bonds. The molecule has 5 nitrogen and oxygen atoms in total. The first kappa shape index (κ1) is 13.8. The molecule has 0 aliphatic carbocycles. The first-order valence-electron chi connectivity index (χ1n) is 6.86. The van der Waals surface area contributed by atoms with E-state index in [-0.39, 0.29) is 11.7 Å². The van der Waals surface area contributed by atoms with Gasteiger partial charge in [0.15, 0.2) is 0 Å². The molecular weight excluding hydrogens is 275 g/mol. The molecule has 6 heteroatoms. The summed E-state index contributed by atoms with van der Waals surface area (Å²) < 4.78 is 18.5. The van der Waals surface area contributed by atoms with Crippen molar-refractivity contribution in [1.29, 1.82) is 0 Å². The van der Waals surface area contributed by atoms with Gasteiger partial charge >= 0.3 is 0 Å². The van der Waals surface area contributed by atoms with E-state index in [2.05, 4.69) is 10.3 Å². The third kappa shape index (κ3) is 2.80. The van der Waals surface area contributed by atoms with Gasteiger partial charge in [-0.2, -0.15) is 0 Å². The minimum Gasteiger partial charge on any atom is -0.376 e. The average Bonchev–Trinajstić information content (AvgIpc) is 3.12. The maximum Gasteiger partial charge on any atom is 0.292 e. The highest BCUT2D eigenvalue weighted by molar-refractivity contribution is 6.44. The standard InChI is InChI=1S/C15H15FN2O3/c16-9-3-4-11-12(8-17-13(11)6-9)14(19)15(20)18-7-10-2-1-5-21-10/h3-4,6,8,10,17H,1-2,5,7H2,(H,18,20). The fourth-order valence-corrected chi connectivity index (χ4v) is 2.50. The van der Waals surface area contributed by atoms with Gasteiger partial charge in [-0.05, 0) is 31.0 Å². The number of hydrogen-bond donors (Lipinski definition) is 2. The van der Waals surface area contributed by atoms with Crippen LogP contribution in [0.2, 0.25) is 0 Å². The minimum atomic E-state index is -0.671. The third-order valence-corrected chi connectivity index (χ3v) is 3.61. The van der Waals surface area contributed by atoms with Crippen molar-refractivity contribution in [1.82, 2.24) is 10.3 Å². The Balaban J connectivity index is 1.72. The van der Waals surface area contributed by atoms with Crippen molar-refractivity contribution in [2.45, 2.75) is 18.9 Å². The summed E-state index contributed by atoms with van der Waals surface area (Å²) in [6.07, 6.45) is 3.28. The second kappa shape index (κ2) is 5.65. The lowest BCUT2D eigenvalue weighted by Gasteiger charge is -2.09. The topological polar surface area (TPSA) is 71.2 Å². The summed E-state index contributed by atoms with van der Waals surface area (Å²) in [7, 11) is 0. The van der Waals surface area contributed by atoms with Gasteiger partial charge in [0.1, 0.15) is 5.82 Å². The number of ether oxygens (including phenoxy) is 1. The monoisotopic (exact) mass is 290 g/mol. The van der Waals surface area contributed by atoms with Gasteiger partial charge in [0.05, 0.1) is 11.7 Å². The zero-order chi connectivity index (χ0) is 14.8. The first-order chi connectivity index (χ1) is 10.1. The Morgan fingerprint density at radius 2 is 2.29 bits per heavy atom. The van der Waals surface area contributed by atoms with E-state index in [1.54, 1.807) is 0 Å². The molecule has 0 spiro atoms. The van der Waals surface area contributed by atoms with E-state index in [0.29, 0.717) is 24.1 Å². The van der Waals surface area contributed by atoms with Crippen LogP contribution in [0.5, 0.6) is 0 Å². The van der Waals surface area contributed by atoms with Gasteiger partial charge in [-0.15, -0.1) is 0 Å². The first-order valence-corrected chi connectivity index (χ1v) is 6.86. The number of ketones is 1. The van der Waals surface area contributed by atoms with Crippen molar-refractivity contribution < 1.29 is 18.7 Å². The number of carbonyl (C=O) groups excluding carboxylic acids is 2. The molecule has 2 aromatic rings. The van der Waals surface area contributed by atoms with E-state index in [1.807, 2.05) is 0 Å². The second-order valence-electron chi connectivity index (χ2n) is 5.07. The molecule has 1 aliphatic rings. The number of carbonyl (C=O) groups is 2. The number of amides is 1. The lowest BCUT2D eigenvalue weighted by atomic mass is 10.1. The summed E-state index contributed by atoms with van der Waals surface area (Å²) in [5, 5.41) is 3.12. The molecular formula is C15H15FN2O3. The Bertz CT molecular complexity index is 689. The minimum absolute atomic E-state index is 0.0150. The molecule has 1 aliphatic heterocycles. The van der Waals surface area contributed by atoms with Gasteiger partial charge in [0, 0.05) is 30.3 Å². The Morgan fingerprint density at radius 1 is 1.43 bits per heavy atom. The van der Waals surface area contributed by atoms with E-state index in [9.17, 15) is 14.0 Å². The molecule has 3 rings (SSSR count). The molecule has 21 heavy (non-hydrogen) atoms. The summed E-state index contributed by atoms with van der Waals surface area (Å²) in [5.41, 5.74) is 0.736. The highest BCUT2D eigenvalue weighted by Crippen LogP contribution is 2.19. The highest BCUT2D eigenvalue weighted by Gasteiger charge is 2.22. The molecule has 2 N–H and O–H groups in total. The fourth-order valence-electron chi connectivity index (χ4n) is 2.50. The molecule has 1 unspecified atom stereocenters. The van der Waals surface area contributed by atoms with Crippen LogP contribution in [0, 0.1) is 5.82 Å². The third-order valence-electron chi connectivity index (χ3n) is 3.61. The van der Waals surface area contributed by atoms with E-state index < -0.39 is 17.5 Å². The van der Waals surface area contributed by atoms with Crippen molar-refractivity contribution in [3.05, 3.63) is 35.8 Å². The van der Waals surface area contributed by atoms with Crippen molar-refractivity contribution in [2.24, 2.45) is 0 Å². The van der Waals surface area contributed by atoms with Crippen LogP contribution in [-0.4, -0.2) is 35.9 Å². The van der Waals surface area contributed by atoms with Crippen LogP contribution >= 0.6 is 0 Å². The maximum atomic E-state index is 13.1. The molecule has 0 radical (unpaired) electrons. The summed E-state index contributed by atoms with van der Waals surface area (Å²) >= 11 is 0. The molecule has 0 saturated carbocycles. The van der Waals surface area contributed by atoms with Gasteiger partial charge in [-0.1, -0.05) is 0 Å². The van der Waals surface area contributed by atoms with Crippen molar-refractivity contribution in [3.63, 3.8) is 0 Å². The van der Waals surface area contributed by atoms with Crippen LogP contribution in [0.4, 0.5) is 4.39 Å². The van der Waals surface area contributed by atoms with Crippen molar-refractivity contribution in [2.75, 3.05) is 13.2 Å². The molecule has 2 heterocycles. The largest absolute Gasteiger partial charge is 0.376 e. The normalized spacial score (nSPS) is 18.0. The number of halogens is 1. The lowest BCUT2D eigenvalue weighted by molar-refractivity contribution is -0.117. The second-order valence-corrected chi connectivity index (χ2v) is 5.07. The molecule has 1 atom stereocenters. The number of aromatic nitrogens is 1. The van der Waals surface area contributed by atoms with Gasteiger partial charge in [-0.3, -0.25) is 9.59 Å². The van der Waals surface area contributed by atoms with Crippen LogP contribution in [0.1, 0.15) is 23.2 Å². The van der Waals surface area contributed by atoms with Crippen LogP contribution in [0.15, 0.2) is 24.4 Å². The Morgan fingerprint density at radius 3 is 3.05 bits per heavy atom. The SMILES string of the molecule is O=C(NCC1CCCO1)C(=O)c1c[nH]c2cc(F)ccc12. The van der Waals surface area contributed by atoms with Crippen molar-refractivity contribution in [3.8, 4) is 0 Å². The number of hydrogen-bond acceptors (Lipinski definition) is 3. The Hall–Kier alpha value is -2.21. The van der Waals surface area contributed by atoms with Crippen LogP contribution in [0.25, 0.3) is 10.9 Å². The fraction of sp³-hybridized carbons (Fsp3) is 0.333. The summed E-state index contributed by atoms with van der Waals surface area (Å²) in [4.78, 5) is 26.8. The van der Waals surface area contributed by atoms with Crippen molar-refractivity contribution >= 4 is 22.6 Å². The van der Waals surface area contributed by atoms with Gasteiger partial charge < -0.3 is 15.0 Å². The summed E-state index contributed by atoms with van der Waals surface area (Å²) in [5.74, 6) is -1.70. The number of benzene rings is 1. The zero-order valence-corrected chi connectivity index (χ0v) is 11.3. The molecule has 0 bridgehead atoms. The van der Waals surface area contributed by atoms with E-state index in [4.69, 9.17) is 4.74 Å². The van der Waals surface area contributed by atoms with E-state index in [1.165, 1.54) is 24.4 Å². The Labute approximate surface area is 120 Å². The number of H-pyrrole nitrogens is 1. The zero-order valence-electron chi connectivity index (χ0n) is 11.3. The van der Waals surface area contributed by atoms with Crippen LogP contribution in [-0.2, 0) is 9.53 Å². The smallest absolute Gasteiger partial charge is 0.292 e. The van der Waals surface area contributed by atoms with Crippen LogP contribution in [0.3, 0.4) is 0 Å². The van der Waals surface area contributed by atoms with Crippen LogP contribution < -0.4 is 5.32 Å². The summed E-state index contributed by atoms with van der Waals surface area (Å²) in [6, 6.07) is 4.04. The van der Waals surface area contributed by atoms with Gasteiger partial charge in [0.25, 0.3) is 11.7 Å². The number of rotatable bonds is 4. The predicted octanol–water partition coefficient (Wildman–Crippen LogP) is 1.78. The van der Waals surface area contributed by atoms with E-state index in [0.717, 1.165) is 12.8 Å². The average molecular weight is 290 g/mol. The van der Waals surface area contributed by atoms with Gasteiger partial charge in [0.2, 0.25) is 0 Å². The number of aromatic amines is 1. The Kier molecular flexibility index (Phi) is 3.70. The predicted molar refractivity (Wildman–Crippen MR) is 74.6 cm³/mol. The quantitative estimate of drug-likeness (QED) is 0.666. The maximum absolute atomic E-state index is 13.1. The van der Waals surface area contributed by atoms with Gasteiger partial charge in [-0.25, -0.2) is 4.39 Å². The highest BCUT2D eigenvalue weighted by atomic mass is 19.1. The molecule has 1 aromatic carbocycles. The summed E-state index contributed by atoms with van der Waals surface area (Å²) in [6.45, 7) is 1.03. The number of nitrogens with one attached hydrogen (secondary N) is 2. The number of fused-ring (bicyclic) bond motifs is 1. The lowest BCUT2D eigenvalue weighted by Crippen LogP contribution is -2.36. The van der Waals surface area contributed by atoms with E-state index >= 15 is 0 Å². The molecule has 1 fully saturated rings. The molecule has 1 saturated heterocycles. The molecule has 1 aromatic heterocycles. The molecule has 110 valence electrons. The number of Topliss-reactive ketones (excluding diaryl/α,β-unsaturated/α-hetero) is 1.